The highest BCUT2D eigenvalue weighted by atomic mass is 32.2. The van der Waals surface area contributed by atoms with Crippen molar-refractivity contribution >= 4 is 28.6 Å². The van der Waals surface area contributed by atoms with E-state index in [1.165, 1.54) is 5.56 Å². The second-order valence-electron chi connectivity index (χ2n) is 5.64. The number of carbonyl (C=O) groups is 1. The first kappa shape index (κ1) is 17.0. The molecule has 0 saturated carbocycles. The summed E-state index contributed by atoms with van der Waals surface area (Å²) in [6, 6.07) is 14.9. The summed E-state index contributed by atoms with van der Waals surface area (Å²) in [5.41, 5.74) is 2.45. The van der Waals surface area contributed by atoms with E-state index < -0.39 is 0 Å². The van der Waals surface area contributed by atoms with Gasteiger partial charge in [-0.1, -0.05) is 53.7 Å². The Labute approximate surface area is 149 Å². The van der Waals surface area contributed by atoms with Gasteiger partial charge in [-0.3, -0.25) is 9.59 Å². The Morgan fingerprint density at radius 2 is 1.92 bits per heavy atom. The number of rotatable bonds is 5. The van der Waals surface area contributed by atoms with Crippen molar-refractivity contribution in [2.24, 2.45) is 0 Å². The van der Waals surface area contributed by atoms with Crippen LogP contribution in [0.25, 0.3) is 10.9 Å². The van der Waals surface area contributed by atoms with E-state index in [2.05, 4.69) is 10.3 Å². The van der Waals surface area contributed by atoms with Crippen LogP contribution in [0.5, 0.6) is 0 Å². The van der Waals surface area contributed by atoms with Gasteiger partial charge in [0.2, 0.25) is 5.91 Å². The first-order valence-corrected chi connectivity index (χ1v) is 8.75. The molecule has 0 radical (unpaired) electrons. The second kappa shape index (κ2) is 7.40. The summed E-state index contributed by atoms with van der Waals surface area (Å²) in [6.45, 7) is 2.47. The van der Waals surface area contributed by atoms with Crippen molar-refractivity contribution in [2.75, 3.05) is 11.6 Å². The molecule has 3 aromatic rings. The molecule has 1 aromatic heterocycles. The predicted octanol–water partition coefficient (Wildman–Crippen LogP) is 1.83. The molecular weight excluding hydrogens is 336 g/mol. The van der Waals surface area contributed by atoms with Gasteiger partial charge >= 0.3 is 0 Å². The lowest BCUT2D eigenvalue weighted by Crippen LogP contribution is -2.31. The number of nitrogens with zero attached hydrogens (tertiary/aromatic N) is 2. The Morgan fingerprint density at radius 1 is 1.20 bits per heavy atom. The molecule has 128 valence electrons. The molecule has 3 N–H and O–H groups in total. The third-order valence-electron chi connectivity index (χ3n) is 3.72. The van der Waals surface area contributed by atoms with Crippen LogP contribution < -0.4 is 16.7 Å². The van der Waals surface area contributed by atoms with Crippen molar-refractivity contribution in [2.45, 2.75) is 18.6 Å². The smallest absolute Gasteiger partial charge is 0.280 e. The number of hydrogen-bond acceptors (Lipinski definition) is 5. The number of nitrogen functional groups attached to an aromatic ring is 1. The summed E-state index contributed by atoms with van der Waals surface area (Å²) >= 11 is 1.14. The third-order valence-corrected chi connectivity index (χ3v) is 4.67. The highest BCUT2D eigenvalue weighted by Gasteiger charge is 2.11. The first-order valence-electron chi connectivity index (χ1n) is 7.76. The van der Waals surface area contributed by atoms with Gasteiger partial charge in [-0.25, -0.2) is 9.66 Å². The van der Waals surface area contributed by atoms with Gasteiger partial charge in [0.25, 0.3) is 5.56 Å². The summed E-state index contributed by atoms with van der Waals surface area (Å²) in [7, 11) is 0. The minimum absolute atomic E-state index is 0.133. The molecule has 1 amide bonds. The molecule has 7 heteroatoms. The maximum atomic E-state index is 12.2. The molecule has 25 heavy (non-hydrogen) atoms. The molecule has 0 bridgehead atoms. The Morgan fingerprint density at radius 3 is 2.68 bits per heavy atom. The number of nitrogens with one attached hydrogen (secondary N) is 1. The number of thioether (sulfide) groups is 1. The van der Waals surface area contributed by atoms with E-state index in [1.807, 2.05) is 31.2 Å². The number of benzene rings is 2. The van der Waals surface area contributed by atoms with E-state index in [4.69, 9.17) is 5.84 Å². The van der Waals surface area contributed by atoms with Crippen LogP contribution in [0.2, 0.25) is 0 Å². The molecule has 0 aliphatic rings. The fourth-order valence-corrected chi connectivity index (χ4v) is 3.06. The van der Waals surface area contributed by atoms with Crippen LogP contribution >= 0.6 is 11.8 Å². The Kier molecular flexibility index (Phi) is 5.04. The average molecular weight is 354 g/mol. The molecule has 0 aliphatic heterocycles. The highest BCUT2D eigenvalue weighted by molar-refractivity contribution is 7.99. The van der Waals surface area contributed by atoms with Gasteiger partial charge in [-0.05, 0) is 24.6 Å². The lowest BCUT2D eigenvalue weighted by Gasteiger charge is -2.09. The molecular formula is C18H18N4O2S. The van der Waals surface area contributed by atoms with E-state index in [1.54, 1.807) is 24.3 Å². The van der Waals surface area contributed by atoms with Gasteiger partial charge < -0.3 is 11.2 Å². The molecule has 0 saturated heterocycles. The highest BCUT2D eigenvalue weighted by Crippen LogP contribution is 2.15. The normalized spacial score (nSPS) is 10.8. The SMILES string of the molecule is Cc1ccc(CNC(=O)CSc2nc3ccccc3c(=O)n2N)cc1. The minimum atomic E-state index is -0.326. The first-order chi connectivity index (χ1) is 12.0. The van der Waals surface area contributed by atoms with Gasteiger partial charge in [-0.15, -0.1) is 0 Å². The Hall–Kier alpha value is -2.80. The Bertz CT molecular complexity index is 967. The van der Waals surface area contributed by atoms with E-state index in [0.29, 0.717) is 22.6 Å². The standard InChI is InChI=1S/C18H18N4O2S/c1-12-6-8-13(9-7-12)10-20-16(23)11-25-18-21-15-5-3-2-4-14(15)17(24)22(18)19/h2-9H,10-11,19H2,1H3,(H,20,23). The predicted molar refractivity (Wildman–Crippen MR) is 99.9 cm³/mol. The molecule has 0 spiro atoms. The number of carbonyl (C=O) groups excluding carboxylic acids is 1. The van der Waals surface area contributed by atoms with E-state index in [9.17, 15) is 9.59 Å². The number of para-hydroxylation sites is 1. The van der Waals surface area contributed by atoms with Gasteiger partial charge in [0, 0.05) is 6.54 Å². The molecule has 3 rings (SSSR count). The van der Waals surface area contributed by atoms with Crippen LogP contribution in [-0.2, 0) is 11.3 Å². The minimum Gasteiger partial charge on any atom is -0.351 e. The van der Waals surface area contributed by atoms with Crippen molar-refractivity contribution in [1.29, 1.82) is 0 Å². The molecule has 6 nitrogen and oxygen atoms in total. The van der Waals surface area contributed by atoms with Crippen LogP contribution in [0.3, 0.4) is 0 Å². The van der Waals surface area contributed by atoms with Gasteiger partial charge in [0.15, 0.2) is 5.16 Å². The van der Waals surface area contributed by atoms with Crippen molar-refractivity contribution in [3.05, 3.63) is 70.0 Å². The summed E-state index contributed by atoms with van der Waals surface area (Å²) in [4.78, 5) is 28.6. The number of fused-ring (bicyclic) bond motifs is 1. The summed E-state index contributed by atoms with van der Waals surface area (Å²) in [5, 5.41) is 3.61. The Balaban J connectivity index is 1.64. The second-order valence-corrected chi connectivity index (χ2v) is 6.58. The zero-order valence-corrected chi connectivity index (χ0v) is 14.5. The van der Waals surface area contributed by atoms with Gasteiger partial charge in [0.05, 0.1) is 16.7 Å². The fraction of sp³-hybridized carbons (Fsp3) is 0.167. The molecule has 0 aliphatic carbocycles. The monoisotopic (exact) mass is 354 g/mol. The van der Waals surface area contributed by atoms with E-state index in [0.717, 1.165) is 22.0 Å². The molecule has 0 atom stereocenters. The van der Waals surface area contributed by atoms with Gasteiger partial charge in [-0.2, -0.15) is 0 Å². The maximum absolute atomic E-state index is 12.2. The van der Waals surface area contributed by atoms with Crippen LogP contribution in [-0.4, -0.2) is 21.3 Å². The number of amides is 1. The molecule has 0 unspecified atom stereocenters. The topological polar surface area (TPSA) is 90.0 Å². The maximum Gasteiger partial charge on any atom is 0.280 e. The molecule has 0 fully saturated rings. The van der Waals surface area contributed by atoms with E-state index in [-0.39, 0.29) is 17.2 Å². The molecule has 1 heterocycles. The lowest BCUT2D eigenvalue weighted by atomic mass is 10.1. The molecule has 2 aromatic carbocycles. The van der Waals surface area contributed by atoms with Crippen molar-refractivity contribution in [3.63, 3.8) is 0 Å². The van der Waals surface area contributed by atoms with Crippen molar-refractivity contribution in [3.8, 4) is 0 Å². The number of hydrogen-bond donors (Lipinski definition) is 2. The van der Waals surface area contributed by atoms with Crippen LogP contribution in [0, 0.1) is 6.92 Å². The van der Waals surface area contributed by atoms with Crippen LogP contribution in [0.15, 0.2) is 58.5 Å². The number of nitrogens with two attached hydrogens (primary N) is 1. The van der Waals surface area contributed by atoms with Gasteiger partial charge in [0.1, 0.15) is 0 Å². The summed E-state index contributed by atoms with van der Waals surface area (Å²) in [6.07, 6.45) is 0. The zero-order valence-electron chi connectivity index (χ0n) is 13.7. The average Bonchev–Trinajstić information content (AvgIpc) is 2.63. The fourth-order valence-electron chi connectivity index (χ4n) is 2.32. The van der Waals surface area contributed by atoms with Crippen LogP contribution in [0.4, 0.5) is 0 Å². The van der Waals surface area contributed by atoms with Crippen molar-refractivity contribution in [1.82, 2.24) is 15.0 Å². The number of aryl methyl sites for hydroxylation is 1. The van der Waals surface area contributed by atoms with Crippen LogP contribution in [0.1, 0.15) is 11.1 Å². The quantitative estimate of drug-likeness (QED) is 0.414. The lowest BCUT2D eigenvalue weighted by molar-refractivity contribution is -0.118. The van der Waals surface area contributed by atoms with E-state index >= 15 is 0 Å². The largest absolute Gasteiger partial charge is 0.351 e. The van der Waals surface area contributed by atoms with Crippen molar-refractivity contribution < 1.29 is 4.79 Å². The summed E-state index contributed by atoms with van der Waals surface area (Å²) in [5.74, 6) is 5.79. The number of aromatic nitrogens is 2. The zero-order chi connectivity index (χ0) is 17.8. The summed E-state index contributed by atoms with van der Waals surface area (Å²) < 4.78 is 0.986. The third kappa shape index (κ3) is 4.00.